The van der Waals surface area contributed by atoms with Crippen molar-refractivity contribution in [2.24, 2.45) is 0 Å². The molecule has 0 N–H and O–H groups in total. The first-order valence-electron chi connectivity index (χ1n) is 28.1. The molecule has 0 amide bonds. The van der Waals surface area contributed by atoms with E-state index < -0.39 is 0 Å². The second-order valence-corrected chi connectivity index (χ2v) is 22.2. The van der Waals surface area contributed by atoms with Crippen LogP contribution in [0, 0.1) is 62.3 Å². The summed E-state index contributed by atoms with van der Waals surface area (Å²) < 4.78 is 6.48. The second kappa shape index (κ2) is 21.6. The lowest BCUT2D eigenvalue weighted by atomic mass is 10.0. The Morgan fingerprint density at radius 3 is 0.827 bits per heavy atom. The molecule has 0 saturated carbocycles. The van der Waals surface area contributed by atoms with Crippen molar-refractivity contribution in [3.05, 3.63) is 281 Å². The molecule has 1 heterocycles. The maximum Gasteiger partial charge on any atom is 0.135 e. The molecule has 12 rings (SSSR count). The third-order valence-electron chi connectivity index (χ3n) is 16.0. The first-order chi connectivity index (χ1) is 39.2. The van der Waals surface area contributed by atoms with E-state index in [9.17, 15) is 0 Å². The van der Waals surface area contributed by atoms with Crippen LogP contribution in [0.25, 0.3) is 44.2 Å². The number of furan rings is 1. The molecule has 11 aromatic carbocycles. The summed E-state index contributed by atoms with van der Waals surface area (Å²) in [6, 6.07) is 84.6. The van der Waals surface area contributed by atoms with Gasteiger partial charge in [-0.3, -0.25) is 0 Å². The minimum absolute atomic E-state index is 0.865. The highest BCUT2D eigenvalue weighted by atomic mass is 16.3. The summed E-state index contributed by atoms with van der Waals surface area (Å²) in [5.74, 6) is 0. The highest BCUT2D eigenvalue weighted by molar-refractivity contribution is 6.08. The molecule has 0 fully saturated rings. The minimum Gasteiger partial charge on any atom is -0.456 e. The standard InChI is InChI=1S/C76H68N4O/c1-49-11-25-62(26-12-49)78(72-38-14-51(3)44-55(72)7)63-27-17-58(18-28-63)59-19-29-64(30-20-59)79(73-39-15-52(4)45-56(73)8)65-31-21-60(22-32-65)61-23-33-66(34-24-61)80(74-40-16-53(5)46-57(74)9)68-36-42-76-70(48-68)69-47-67(35-41-75(69)81-76)77(10)71-37-13-50(2)43-54(71)6/h11-48H,1-10H3. The number of benzene rings is 11. The summed E-state index contributed by atoms with van der Waals surface area (Å²) in [5, 5.41) is 2.17. The average Bonchev–Trinajstić information content (AvgIpc) is 3.84. The quantitative estimate of drug-likeness (QED) is 0.115. The fraction of sp³-hybridized carbons (Fsp3) is 0.132. The Hall–Kier alpha value is -9.58. The summed E-state index contributed by atoms with van der Waals surface area (Å²) in [7, 11) is 2.14. The van der Waals surface area contributed by atoms with Crippen LogP contribution in [0.5, 0.6) is 0 Å². The monoisotopic (exact) mass is 1050 g/mol. The number of fused-ring (bicyclic) bond motifs is 3. The zero-order chi connectivity index (χ0) is 56.1. The molecule has 0 bridgehead atoms. The summed E-state index contributed by atoms with van der Waals surface area (Å²) in [5.41, 5.74) is 29.8. The van der Waals surface area contributed by atoms with E-state index in [1.807, 2.05) is 0 Å². The van der Waals surface area contributed by atoms with Gasteiger partial charge in [-0.15, -0.1) is 0 Å². The van der Waals surface area contributed by atoms with Crippen LogP contribution in [0.3, 0.4) is 0 Å². The van der Waals surface area contributed by atoms with Gasteiger partial charge in [0.2, 0.25) is 0 Å². The van der Waals surface area contributed by atoms with Gasteiger partial charge in [-0.2, -0.15) is 0 Å². The maximum atomic E-state index is 6.48. The Balaban J connectivity index is 0.839. The third-order valence-corrected chi connectivity index (χ3v) is 16.0. The number of hydrogen-bond donors (Lipinski definition) is 0. The maximum absolute atomic E-state index is 6.48. The van der Waals surface area contributed by atoms with Gasteiger partial charge in [-0.1, -0.05) is 137 Å². The van der Waals surface area contributed by atoms with Crippen LogP contribution in [0.4, 0.5) is 62.6 Å². The molecule has 398 valence electrons. The molecule has 1 aromatic heterocycles. The number of nitrogens with zero attached hydrogens (tertiary/aromatic N) is 4. The van der Waals surface area contributed by atoms with Crippen molar-refractivity contribution in [3.8, 4) is 22.3 Å². The van der Waals surface area contributed by atoms with Gasteiger partial charge in [0.05, 0.1) is 0 Å². The number of anilines is 11. The lowest BCUT2D eigenvalue weighted by Crippen LogP contribution is -2.12. The van der Waals surface area contributed by atoms with E-state index in [1.54, 1.807) is 0 Å². The minimum atomic E-state index is 0.865. The molecule has 0 unspecified atom stereocenters. The molecular formula is C76H68N4O. The van der Waals surface area contributed by atoms with Gasteiger partial charge in [0.15, 0.2) is 0 Å². The first-order valence-corrected chi connectivity index (χ1v) is 28.1. The molecule has 0 aliphatic heterocycles. The van der Waals surface area contributed by atoms with Gasteiger partial charge in [-0.25, -0.2) is 0 Å². The van der Waals surface area contributed by atoms with Crippen LogP contribution in [0.2, 0.25) is 0 Å². The second-order valence-electron chi connectivity index (χ2n) is 22.2. The molecule has 5 heteroatoms. The van der Waals surface area contributed by atoms with Crippen LogP contribution >= 0.6 is 0 Å². The zero-order valence-electron chi connectivity index (χ0n) is 48.1. The molecule has 0 aliphatic carbocycles. The fourth-order valence-electron chi connectivity index (χ4n) is 11.8. The zero-order valence-corrected chi connectivity index (χ0v) is 48.1. The average molecular weight is 1050 g/mol. The largest absolute Gasteiger partial charge is 0.456 e. The lowest BCUT2D eigenvalue weighted by Gasteiger charge is -2.28. The van der Waals surface area contributed by atoms with Crippen LogP contribution in [-0.4, -0.2) is 7.05 Å². The topological polar surface area (TPSA) is 26.1 Å². The van der Waals surface area contributed by atoms with Gasteiger partial charge < -0.3 is 24.0 Å². The summed E-state index contributed by atoms with van der Waals surface area (Å²) in [6.45, 7) is 19.5. The van der Waals surface area contributed by atoms with Crippen molar-refractivity contribution >= 4 is 84.5 Å². The Morgan fingerprint density at radius 1 is 0.235 bits per heavy atom. The molecule has 5 nitrogen and oxygen atoms in total. The van der Waals surface area contributed by atoms with E-state index in [1.165, 1.54) is 67.0 Å². The van der Waals surface area contributed by atoms with Crippen LogP contribution in [-0.2, 0) is 0 Å². The van der Waals surface area contributed by atoms with Crippen molar-refractivity contribution in [2.45, 2.75) is 62.3 Å². The van der Waals surface area contributed by atoms with Gasteiger partial charge in [-0.05, 0) is 228 Å². The molecular weight excluding hydrogens is 985 g/mol. The Bertz CT molecular complexity index is 4270. The Labute approximate surface area is 478 Å². The molecule has 0 aliphatic rings. The highest BCUT2D eigenvalue weighted by Gasteiger charge is 2.21. The van der Waals surface area contributed by atoms with E-state index in [2.05, 4.69) is 319 Å². The summed E-state index contributed by atoms with van der Waals surface area (Å²) >= 11 is 0. The Morgan fingerprint density at radius 2 is 0.494 bits per heavy atom. The van der Waals surface area contributed by atoms with E-state index in [0.29, 0.717) is 0 Å². The lowest BCUT2D eigenvalue weighted by molar-refractivity contribution is 0.669. The predicted molar refractivity (Wildman–Crippen MR) is 346 cm³/mol. The van der Waals surface area contributed by atoms with Crippen molar-refractivity contribution in [1.29, 1.82) is 0 Å². The van der Waals surface area contributed by atoms with Gasteiger partial charge in [0, 0.05) is 80.4 Å². The van der Waals surface area contributed by atoms with Crippen LogP contribution in [0.15, 0.2) is 235 Å². The smallest absolute Gasteiger partial charge is 0.135 e. The van der Waals surface area contributed by atoms with E-state index >= 15 is 0 Å². The number of hydrogen-bond acceptors (Lipinski definition) is 5. The van der Waals surface area contributed by atoms with Crippen molar-refractivity contribution in [3.63, 3.8) is 0 Å². The van der Waals surface area contributed by atoms with Crippen molar-refractivity contribution < 1.29 is 4.42 Å². The fourth-order valence-corrected chi connectivity index (χ4v) is 11.8. The third kappa shape index (κ3) is 10.4. The van der Waals surface area contributed by atoms with Gasteiger partial charge in [0.25, 0.3) is 0 Å². The van der Waals surface area contributed by atoms with Gasteiger partial charge >= 0.3 is 0 Å². The SMILES string of the molecule is Cc1ccc(N(c2ccc(-c3ccc(N(c4ccc(-c5ccc(N(c6ccc7oc8ccc(N(C)c9ccc(C)cc9C)cc8c7c6)c6ccc(C)cc6C)cc5)cc4)c4ccc(C)cc4C)cc3)cc2)c2ccc(C)cc2C)cc1. The van der Waals surface area contributed by atoms with E-state index in [0.717, 1.165) is 89.8 Å². The van der Waals surface area contributed by atoms with E-state index in [4.69, 9.17) is 4.42 Å². The summed E-state index contributed by atoms with van der Waals surface area (Å²) in [6.07, 6.45) is 0. The van der Waals surface area contributed by atoms with Crippen molar-refractivity contribution in [1.82, 2.24) is 0 Å². The Kier molecular flexibility index (Phi) is 13.9. The normalized spacial score (nSPS) is 11.3. The molecule has 0 saturated heterocycles. The molecule has 0 atom stereocenters. The van der Waals surface area contributed by atoms with Crippen molar-refractivity contribution in [2.75, 3.05) is 26.6 Å². The predicted octanol–water partition coefficient (Wildman–Crippen LogP) is 21.9. The van der Waals surface area contributed by atoms with E-state index in [-0.39, 0.29) is 0 Å². The first kappa shape index (κ1) is 52.1. The van der Waals surface area contributed by atoms with Crippen LogP contribution in [0.1, 0.15) is 50.1 Å². The number of rotatable bonds is 13. The summed E-state index contributed by atoms with van der Waals surface area (Å²) in [4.78, 5) is 9.38. The highest BCUT2D eigenvalue weighted by Crippen LogP contribution is 2.44. The van der Waals surface area contributed by atoms with Crippen LogP contribution < -0.4 is 19.6 Å². The number of aryl methyl sites for hydroxylation is 9. The molecule has 12 aromatic rings. The molecule has 0 spiro atoms. The molecule has 81 heavy (non-hydrogen) atoms. The van der Waals surface area contributed by atoms with Gasteiger partial charge in [0.1, 0.15) is 11.2 Å². The molecule has 0 radical (unpaired) electrons.